The molecule has 4 rings (SSSR count). The third-order valence-electron chi connectivity index (χ3n) is 4.42. The third-order valence-corrected chi connectivity index (χ3v) is 4.42. The van der Waals surface area contributed by atoms with Gasteiger partial charge in [-0.3, -0.25) is 19.9 Å². The van der Waals surface area contributed by atoms with Gasteiger partial charge in [0.1, 0.15) is 0 Å². The van der Waals surface area contributed by atoms with Crippen molar-refractivity contribution in [1.29, 1.82) is 0 Å². The minimum Gasteiger partial charge on any atom is -0.378 e. The van der Waals surface area contributed by atoms with Crippen LogP contribution in [0.4, 0.5) is 11.6 Å². The predicted molar refractivity (Wildman–Crippen MR) is 97.5 cm³/mol. The number of benzene rings is 2. The number of non-ortho nitro benzene ring substituents is 1. The second kappa shape index (κ2) is 6.57. The number of fused-ring (bicyclic) bond motifs is 1. The van der Waals surface area contributed by atoms with Gasteiger partial charge in [0.15, 0.2) is 0 Å². The number of ether oxygens (including phenoxy) is 1. The molecule has 1 aliphatic rings. The largest absolute Gasteiger partial charge is 0.378 e. The van der Waals surface area contributed by atoms with Gasteiger partial charge >= 0.3 is 0 Å². The van der Waals surface area contributed by atoms with Crippen molar-refractivity contribution >= 4 is 22.5 Å². The molecule has 0 aliphatic carbocycles. The maximum atomic E-state index is 12.5. The van der Waals surface area contributed by atoms with Gasteiger partial charge in [-0.2, -0.15) is 0 Å². The molecule has 1 aromatic heterocycles. The number of aromatic amines is 1. The van der Waals surface area contributed by atoms with E-state index < -0.39 is 4.92 Å². The fraction of sp³-hybridized carbons (Fsp3) is 0.222. The molecule has 8 heteroatoms. The van der Waals surface area contributed by atoms with E-state index in [-0.39, 0.29) is 11.2 Å². The first-order valence-electron chi connectivity index (χ1n) is 8.24. The third kappa shape index (κ3) is 2.91. The lowest BCUT2D eigenvalue weighted by atomic mass is 10.0. The number of nitro groups is 1. The van der Waals surface area contributed by atoms with Crippen LogP contribution in [0.2, 0.25) is 0 Å². The Labute approximate surface area is 148 Å². The van der Waals surface area contributed by atoms with E-state index in [0.29, 0.717) is 43.2 Å². The van der Waals surface area contributed by atoms with Crippen molar-refractivity contribution in [2.45, 2.75) is 0 Å². The van der Waals surface area contributed by atoms with Crippen molar-refractivity contribution in [3.8, 4) is 11.1 Å². The van der Waals surface area contributed by atoms with Crippen LogP contribution in [0.1, 0.15) is 0 Å². The summed E-state index contributed by atoms with van der Waals surface area (Å²) in [5.74, 6) is 0.514. The first-order chi connectivity index (χ1) is 12.6. The van der Waals surface area contributed by atoms with E-state index in [9.17, 15) is 14.9 Å². The lowest BCUT2D eigenvalue weighted by Gasteiger charge is -2.27. The molecular formula is C18H16N4O4. The lowest BCUT2D eigenvalue weighted by Crippen LogP contribution is -2.38. The van der Waals surface area contributed by atoms with Gasteiger partial charge in [0, 0.05) is 30.8 Å². The van der Waals surface area contributed by atoms with Gasteiger partial charge in [-0.15, -0.1) is 0 Å². The van der Waals surface area contributed by atoms with E-state index in [1.54, 1.807) is 24.3 Å². The fourth-order valence-corrected chi connectivity index (χ4v) is 3.07. The van der Waals surface area contributed by atoms with E-state index >= 15 is 0 Å². The van der Waals surface area contributed by atoms with Crippen molar-refractivity contribution in [3.63, 3.8) is 0 Å². The highest BCUT2D eigenvalue weighted by atomic mass is 16.6. The van der Waals surface area contributed by atoms with Crippen LogP contribution >= 0.6 is 0 Å². The van der Waals surface area contributed by atoms with Crippen molar-refractivity contribution in [3.05, 3.63) is 62.9 Å². The Balaban J connectivity index is 1.85. The number of H-pyrrole nitrogens is 1. The normalized spacial score (nSPS) is 14.5. The quantitative estimate of drug-likeness (QED) is 0.573. The summed E-state index contributed by atoms with van der Waals surface area (Å²) in [5.41, 5.74) is 1.92. The van der Waals surface area contributed by atoms with E-state index in [0.717, 1.165) is 11.1 Å². The summed E-state index contributed by atoms with van der Waals surface area (Å²) in [6.07, 6.45) is 0. The highest BCUT2D eigenvalue weighted by molar-refractivity contribution is 5.93. The molecule has 2 heterocycles. The van der Waals surface area contributed by atoms with E-state index in [1.165, 1.54) is 12.1 Å². The molecule has 1 saturated heterocycles. The van der Waals surface area contributed by atoms with Gasteiger partial charge in [-0.05, 0) is 23.8 Å². The van der Waals surface area contributed by atoms with Crippen LogP contribution in [0.25, 0.3) is 22.0 Å². The van der Waals surface area contributed by atoms with Crippen LogP contribution in [0.3, 0.4) is 0 Å². The highest BCUT2D eigenvalue weighted by Crippen LogP contribution is 2.28. The SMILES string of the molecule is O=c1[nH]c(N2CCOCC2)nc2c(-c3ccc([N+](=O)[O-])cc3)cccc12. The molecule has 1 aliphatic heterocycles. The van der Waals surface area contributed by atoms with E-state index in [2.05, 4.69) is 9.97 Å². The molecule has 0 bridgehead atoms. The molecule has 0 radical (unpaired) electrons. The van der Waals surface area contributed by atoms with Crippen molar-refractivity contribution in [1.82, 2.24) is 9.97 Å². The number of aromatic nitrogens is 2. The van der Waals surface area contributed by atoms with Gasteiger partial charge < -0.3 is 9.64 Å². The first-order valence-corrected chi connectivity index (χ1v) is 8.24. The number of para-hydroxylation sites is 1. The molecule has 2 aromatic carbocycles. The van der Waals surface area contributed by atoms with Crippen molar-refractivity contribution < 1.29 is 9.66 Å². The molecule has 1 N–H and O–H groups in total. The van der Waals surface area contributed by atoms with Crippen LogP contribution in [-0.2, 0) is 4.74 Å². The average molecular weight is 352 g/mol. The summed E-state index contributed by atoms with van der Waals surface area (Å²) in [5, 5.41) is 11.3. The molecule has 132 valence electrons. The number of morpholine rings is 1. The van der Waals surface area contributed by atoms with E-state index in [4.69, 9.17) is 4.74 Å². The summed E-state index contributed by atoms with van der Waals surface area (Å²) in [6, 6.07) is 11.6. The summed E-state index contributed by atoms with van der Waals surface area (Å²) < 4.78 is 5.35. The molecule has 26 heavy (non-hydrogen) atoms. The molecular weight excluding hydrogens is 336 g/mol. The smallest absolute Gasteiger partial charge is 0.269 e. The van der Waals surface area contributed by atoms with E-state index in [1.807, 2.05) is 11.0 Å². The van der Waals surface area contributed by atoms with Gasteiger partial charge in [0.2, 0.25) is 5.95 Å². The molecule has 0 unspecified atom stereocenters. The summed E-state index contributed by atoms with van der Waals surface area (Å²) in [6.45, 7) is 2.50. The minimum absolute atomic E-state index is 0.0220. The molecule has 0 amide bonds. The summed E-state index contributed by atoms with van der Waals surface area (Å²) in [4.78, 5) is 32.4. The topological polar surface area (TPSA) is 101 Å². The van der Waals surface area contributed by atoms with Crippen molar-refractivity contribution in [2.75, 3.05) is 31.2 Å². The summed E-state index contributed by atoms with van der Waals surface area (Å²) >= 11 is 0. The zero-order chi connectivity index (χ0) is 18.1. The van der Waals surface area contributed by atoms with Crippen LogP contribution in [0.15, 0.2) is 47.3 Å². The van der Waals surface area contributed by atoms with Gasteiger partial charge in [-0.1, -0.05) is 12.1 Å². The second-order valence-corrected chi connectivity index (χ2v) is 5.99. The Morgan fingerprint density at radius 2 is 1.85 bits per heavy atom. The monoisotopic (exact) mass is 352 g/mol. The number of nitrogens with one attached hydrogen (secondary N) is 1. The average Bonchev–Trinajstić information content (AvgIpc) is 2.68. The number of rotatable bonds is 3. The van der Waals surface area contributed by atoms with Crippen LogP contribution in [0, 0.1) is 10.1 Å². The minimum atomic E-state index is -0.438. The number of hydrogen-bond donors (Lipinski definition) is 1. The molecule has 0 atom stereocenters. The maximum absolute atomic E-state index is 12.5. The second-order valence-electron chi connectivity index (χ2n) is 5.99. The molecule has 3 aromatic rings. The number of hydrogen-bond acceptors (Lipinski definition) is 6. The van der Waals surface area contributed by atoms with Gasteiger partial charge in [0.05, 0.1) is 29.0 Å². The number of nitrogens with zero attached hydrogens (tertiary/aromatic N) is 3. The molecule has 1 fully saturated rings. The molecule has 0 saturated carbocycles. The summed E-state index contributed by atoms with van der Waals surface area (Å²) in [7, 11) is 0. The highest BCUT2D eigenvalue weighted by Gasteiger charge is 2.17. The Morgan fingerprint density at radius 1 is 1.12 bits per heavy atom. The number of anilines is 1. The van der Waals surface area contributed by atoms with Crippen LogP contribution in [-0.4, -0.2) is 41.2 Å². The first kappa shape index (κ1) is 16.2. The molecule has 8 nitrogen and oxygen atoms in total. The van der Waals surface area contributed by atoms with Gasteiger partial charge in [0.25, 0.3) is 11.2 Å². The lowest BCUT2D eigenvalue weighted by molar-refractivity contribution is -0.384. The van der Waals surface area contributed by atoms with Crippen LogP contribution in [0.5, 0.6) is 0 Å². The fourth-order valence-electron chi connectivity index (χ4n) is 3.07. The Morgan fingerprint density at radius 3 is 2.54 bits per heavy atom. The Hall–Kier alpha value is -3.26. The standard InChI is InChI=1S/C18H16N4O4/c23-17-15-3-1-2-14(12-4-6-13(7-5-12)22(24)25)16(15)19-18(20-17)21-8-10-26-11-9-21/h1-7H,8-11H2,(H,19,20,23). The zero-order valence-electron chi connectivity index (χ0n) is 13.8. The molecule has 0 spiro atoms. The number of nitro benzene ring substituents is 1. The van der Waals surface area contributed by atoms with Crippen molar-refractivity contribution in [2.24, 2.45) is 0 Å². The maximum Gasteiger partial charge on any atom is 0.269 e. The van der Waals surface area contributed by atoms with Gasteiger partial charge in [-0.25, -0.2) is 4.98 Å². The predicted octanol–water partition coefficient (Wildman–Crippen LogP) is 2.33. The van der Waals surface area contributed by atoms with Crippen LogP contribution < -0.4 is 10.5 Å². The zero-order valence-corrected chi connectivity index (χ0v) is 13.8. The Kier molecular flexibility index (Phi) is 4.10. The Bertz CT molecular complexity index is 1020.